The minimum Gasteiger partial charge on any atom is -0.354 e. The first-order chi connectivity index (χ1) is 13.4. The second-order valence-electron chi connectivity index (χ2n) is 7.80. The first kappa shape index (κ1) is 21.7. The van der Waals surface area contributed by atoms with Crippen molar-refractivity contribution in [2.24, 2.45) is 5.92 Å². The minimum atomic E-state index is -0.500. The number of aryl methyl sites for hydroxylation is 1. The fourth-order valence-corrected chi connectivity index (χ4v) is 3.12. The van der Waals surface area contributed by atoms with Crippen molar-refractivity contribution in [1.29, 1.82) is 0 Å². The lowest BCUT2D eigenvalue weighted by Gasteiger charge is -2.29. The van der Waals surface area contributed by atoms with Gasteiger partial charge in [0.25, 0.3) is 0 Å². The lowest BCUT2D eigenvalue weighted by atomic mass is 10.1. The monoisotopic (exact) mass is 380 g/mol. The highest BCUT2D eigenvalue weighted by Gasteiger charge is 2.25. The minimum absolute atomic E-state index is 0.0197. The molecule has 0 aliphatic carbocycles. The maximum absolute atomic E-state index is 13.1. The van der Waals surface area contributed by atoms with Crippen LogP contribution < -0.4 is 5.32 Å². The van der Waals surface area contributed by atoms with E-state index in [0.29, 0.717) is 25.4 Å². The van der Waals surface area contributed by atoms with E-state index in [0.717, 1.165) is 23.1 Å². The van der Waals surface area contributed by atoms with Crippen LogP contribution in [0.2, 0.25) is 0 Å². The highest BCUT2D eigenvalue weighted by Crippen LogP contribution is 2.11. The Hall–Kier alpha value is -2.62. The molecular weight excluding hydrogens is 348 g/mol. The fraction of sp³-hybridized carbons (Fsp3) is 0.417. The molecule has 0 radical (unpaired) electrons. The van der Waals surface area contributed by atoms with Gasteiger partial charge < -0.3 is 10.2 Å². The Labute approximate surface area is 169 Å². The molecule has 0 aromatic heterocycles. The Kier molecular flexibility index (Phi) is 8.24. The Bertz CT molecular complexity index is 771. The Morgan fingerprint density at radius 1 is 0.964 bits per heavy atom. The summed E-state index contributed by atoms with van der Waals surface area (Å²) in [6, 6.07) is 17.5. The molecule has 0 aliphatic rings. The smallest absolute Gasteiger partial charge is 0.242 e. The zero-order valence-electron chi connectivity index (χ0n) is 17.4. The molecule has 0 saturated heterocycles. The molecule has 2 aromatic rings. The number of carbonyl (C=O) groups is 2. The summed E-state index contributed by atoms with van der Waals surface area (Å²) in [5.41, 5.74) is 3.26. The molecule has 1 atom stereocenters. The summed E-state index contributed by atoms with van der Waals surface area (Å²) in [6.45, 7) is 9.08. The van der Waals surface area contributed by atoms with Gasteiger partial charge in [0.2, 0.25) is 11.8 Å². The highest BCUT2D eigenvalue weighted by molar-refractivity contribution is 5.88. The maximum Gasteiger partial charge on any atom is 0.242 e. The van der Waals surface area contributed by atoms with Gasteiger partial charge in [-0.25, -0.2) is 0 Å². The second kappa shape index (κ2) is 10.6. The van der Waals surface area contributed by atoms with Crippen LogP contribution in [-0.4, -0.2) is 35.8 Å². The third kappa shape index (κ3) is 6.84. The van der Waals surface area contributed by atoms with Gasteiger partial charge in [0.15, 0.2) is 0 Å². The van der Waals surface area contributed by atoms with Crippen LogP contribution in [0.3, 0.4) is 0 Å². The molecular formula is C24H32N2O2. The van der Waals surface area contributed by atoms with E-state index in [1.807, 2.05) is 68.4 Å². The standard InChI is InChI=1S/C24H32N2O2/c1-18(2)17-25-24(28)20(4)26(14-13-21-10-6-5-7-11-21)23(27)16-22-12-8-9-19(3)15-22/h5-12,15,18,20H,13-14,16-17H2,1-4H3,(H,25,28)/t20-/m0/s1. The number of amides is 2. The predicted octanol–water partition coefficient (Wildman–Crippen LogP) is 3.77. The van der Waals surface area contributed by atoms with E-state index in [-0.39, 0.29) is 11.8 Å². The summed E-state index contributed by atoms with van der Waals surface area (Å²) in [5, 5.41) is 2.96. The van der Waals surface area contributed by atoms with E-state index in [4.69, 9.17) is 0 Å². The quantitative estimate of drug-likeness (QED) is 0.720. The molecule has 28 heavy (non-hydrogen) atoms. The van der Waals surface area contributed by atoms with Gasteiger partial charge in [-0.05, 0) is 37.3 Å². The molecule has 0 spiro atoms. The average Bonchev–Trinajstić information content (AvgIpc) is 2.66. The SMILES string of the molecule is Cc1cccc(CC(=O)N(CCc2ccccc2)[C@@H](C)C(=O)NCC(C)C)c1. The third-order valence-electron chi connectivity index (χ3n) is 4.77. The maximum atomic E-state index is 13.1. The van der Waals surface area contributed by atoms with Crippen molar-refractivity contribution in [3.05, 3.63) is 71.3 Å². The molecule has 2 amide bonds. The Morgan fingerprint density at radius 2 is 1.64 bits per heavy atom. The van der Waals surface area contributed by atoms with Crippen LogP contribution in [0.1, 0.15) is 37.5 Å². The highest BCUT2D eigenvalue weighted by atomic mass is 16.2. The van der Waals surface area contributed by atoms with Crippen molar-refractivity contribution in [3.63, 3.8) is 0 Å². The number of rotatable bonds is 9. The molecule has 2 aromatic carbocycles. The molecule has 1 N–H and O–H groups in total. The predicted molar refractivity (Wildman–Crippen MR) is 114 cm³/mol. The van der Waals surface area contributed by atoms with Gasteiger partial charge in [-0.2, -0.15) is 0 Å². The van der Waals surface area contributed by atoms with Crippen LogP contribution in [0, 0.1) is 12.8 Å². The number of nitrogens with zero attached hydrogens (tertiary/aromatic N) is 1. The van der Waals surface area contributed by atoms with Gasteiger partial charge in [-0.15, -0.1) is 0 Å². The summed E-state index contributed by atoms with van der Waals surface area (Å²) in [6.07, 6.45) is 1.03. The fourth-order valence-electron chi connectivity index (χ4n) is 3.12. The molecule has 0 aliphatic heterocycles. The van der Waals surface area contributed by atoms with Gasteiger partial charge in [-0.1, -0.05) is 74.0 Å². The van der Waals surface area contributed by atoms with E-state index in [2.05, 4.69) is 19.2 Å². The van der Waals surface area contributed by atoms with E-state index >= 15 is 0 Å². The van der Waals surface area contributed by atoms with Crippen LogP contribution in [-0.2, 0) is 22.4 Å². The van der Waals surface area contributed by atoms with Crippen LogP contribution in [0.15, 0.2) is 54.6 Å². The van der Waals surface area contributed by atoms with E-state index in [1.165, 1.54) is 0 Å². The lowest BCUT2D eigenvalue weighted by molar-refractivity contribution is -0.139. The number of hydrogen-bond donors (Lipinski definition) is 1. The van der Waals surface area contributed by atoms with Crippen molar-refractivity contribution in [2.75, 3.05) is 13.1 Å². The summed E-state index contributed by atoms with van der Waals surface area (Å²) in [5.74, 6) is 0.255. The molecule has 0 fully saturated rings. The topological polar surface area (TPSA) is 49.4 Å². The van der Waals surface area contributed by atoms with Crippen molar-refractivity contribution in [1.82, 2.24) is 10.2 Å². The third-order valence-corrected chi connectivity index (χ3v) is 4.77. The summed E-state index contributed by atoms with van der Waals surface area (Å²) in [7, 11) is 0. The van der Waals surface area contributed by atoms with Crippen molar-refractivity contribution in [3.8, 4) is 0 Å². The van der Waals surface area contributed by atoms with Gasteiger partial charge in [0, 0.05) is 13.1 Å². The van der Waals surface area contributed by atoms with Crippen LogP contribution in [0.25, 0.3) is 0 Å². The Morgan fingerprint density at radius 3 is 2.29 bits per heavy atom. The summed E-state index contributed by atoms with van der Waals surface area (Å²) >= 11 is 0. The van der Waals surface area contributed by atoms with Gasteiger partial charge in [-0.3, -0.25) is 9.59 Å². The van der Waals surface area contributed by atoms with Crippen molar-refractivity contribution in [2.45, 2.75) is 46.6 Å². The van der Waals surface area contributed by atoms with E-state index in [9.17, 15) is 9.59 Å². The van der Waals surface area contributed by atoms with Crippen molar-refractivity contribution >= 4 is 11.8 Å². The van der Waals surface area contributed by atoms with E-state index in [1.54, 1.807) is 4.90 Å². The normalized spacial score (nSPS) is 11.9. The molecule has 2 rings (SSSR count). The number of benzene rings is 2. The zero-order chi connectivity index (χ0) is 20.5. The van der Waals surface area contributed by atoms with Crippen LogP contribution >= 0.6 is 0 Å². The molecule has 0 heterocycles. The first-order valence-corrected chi connectivity index (χ1v) is 10.0. The molecule has 150 valence electrons. The van der Waals surface area contributed by atoms with Gasteiger partial charge in [0.05, 0.1) is 6.42 Å². The number of carbonyl (C=O) groups excluding carboxylic acids is 2. The summed E-state index contributed by atoms with van der Waals surface area (Å²) in [4.78, 5) is 27.4. The van der Waals surface area contributed by atoms with Gasteiger partial charge in [0.1, 0.15) is 6.04 Å². The van der Waals surface area contributed by atoms with Gasteiger partial charge >= 0.3 is 0 Å². The molecule has 4 nitrogen and oxygen atoms in total. The lowest BCUT2D eigenvalue weighted by Crippen LogP contribution is -2.49. The van der Waals surface area contributed by atoms with Crippen LogP contribution in [0.5, 0.6) is 0 Å². The zero-order valence-corrected chi connectivity index (χ0v) is 17.4. The molecule has 0 bridgehead atoms. The molecule has 0 unspecified atom stereocenters. The first-order valence-electron chi connectivity index (χ1n) is 10.0. The van der Waals surface area contributed by atoms with E-state index < -0.39 is 6.04 Å². The summed E-state index contributed by atoms with van der Waals surface area (Å²) < 4.78 is 0. The number of nitrogens with one attached hydrogen (secondary N) is 1. The molecule has 0 saturated carbocycles. The van der Waals surface area contributed by atoms with Crippen LogP contribution in [0.4, 0.5) is 0 Å². The second-order valence-corrected chi connectivity index (χ2v) is 7.80. The number of hydrogen-bond acceptors (Lipinski definition) is 2. The Balaban J connectivity index is 2.11. The van der Waals surface area contributed by atoms with Crippen molar-refractivity contribution < 1.29 is 9.59 Å². The average molecular weight is 381 g/mol. The largest absolute Gasteiger partial charge is 0.354 e. The molecule has 4 heteroatoms.